The number of ether oxygens (including phenoxy) is 2. The quantitative estimate of drug-likeness (QED) is 0.385. The van der Waals surface area contributed by atoms with Gasteiger partial charge in [0.05, 0.1) is 16.1 Å². The second kappa shape index (κ2) is 9.58. The van der Waals surface area contributed by atoms with Crippen molar-refractivity contribution >= 4 is 28.1 Å². The molecule has 0 aromatic rings. The van der Waals surface area contributed by atoms with E-state index in [0.717, 1.165) is 12.2 Å². The van der Waals surface area contributed by atoms with Crippen molar-refractivity contribution < 1.29 is 19.1 Å². The second-order valence-electron chi connectivity index (χ2n) is 7.13. The summed E-state index contributed by atoms with van der Waals surface area (Å²) in [5.41, 5.74) is 4.20. The molecule has 0 amide bonds. The van der Waals surface area contributed by atoms with Gasteiger partial charge in [0, 0.05) is 12.2 Å². The van der Waals surface area contributed by atoms with E-state index in [1.807, 2.05) is 12.2 Å². The second-order valence-corrected chi connectivity index (χ2v) is 17.3. The fraction of sp³-hybridized carbons (Fsp3) is 0.500. The highest BCUT2D eigenvalue weighted by molar-refractivity contribution is 6.81. The first kappa shape index (κ1) is 20.6. The minimum Gasteiger partial charge on any atom is -0.458 e. The molecule has 0 heterocycles. The average molecular weight is 341 g/mol. The Labute approximate surface area is 135 Å². The summed E-state index contributed by atoms with van der Waals surface area (Å²) in [6.07, 6.45) is 5.87. The maximum atomic E-state index is 11.4. The molecule has 0 bridgehead atoms. The molecule has 0 aliphatic carbocycles. The lowest BCUT2D eigenvalue weighted by Crippen LogP contribution is -2.16. The third-order valence-corrected chi connectivity index (χ3v) is 4.71. The van der Waals surface area contributed by atoms with Crippen molar-refractivity contribution in [1.29, 1.82) is 0 Å². The van der Waals surface area contributed by atoms with Gasteiger partial charge in [0.25, 0.3) is 0 Å². The van der Waals surface area contributed by atoms with Crippen molar-refractivity contribution in [2.24, 2.45) is 0 Å². The van der Waals surface area contributed by atoms with Crippen LogP contribution in [0.25, 0.3) is 0 Å². The van der Waals surface area contributed by atoms with Crippen LogP contribution in [0.1, 0.15) is 0 Å². The van der Waals surface area contributed by atoms with Crippen molar-refractivity contribution in [3.05, 3.63) is 35.7 Å². The van der Waals surface area contributed by atoms with E-state index in [1.54, 1.807) is 0 Å². The van der Waals surface area contributed by atoms with Gasteiger partial charge in [-0.05, 0) is 0 Å². The summed E-state index contributed by atoms with van der Waals surface area (Å²) in [4.78, 5) is 22.8. The van der Waals surface area contributed by atoms with Crippen LogP contribution in [0.2, 0.25) is 39.3 Å². The van der Waals surface area contributed by atoms with Gasteiger partial charge in [-0.15, -0.1) is 0 Å². The molecule has 4 nitrogen and oxygen atoms in total. The van der Waals surface area contributed by atoms with Crippen LogP contribution in [0.15, 0.2) is 35.7 Å². The van der Waals surface area contributed by atoms with Gasteiger partial charge in [-0.1, -0.05) is 62.8 Å². The third kappa shape index (κ3) is 15.0. The van der Waals surface area contributed by atoms with E-state index in [4.69, 9.17) is 9.47 Å². The molecule has 0 saturated heterocycles. The Hall–Kier alpha value is -1.41. The van der Waals surface area contributed by atoms with Crippen LogP contribution in [-0.4, -0.2) is 41.3 Å². The minimum atomic E-state index is -1.27. The van der Waals surface area contributed by atoms with Gasteiger partial charge >= 0.3 is 11.9 Å². The van der Waals surface area contributed by atoms with Gasteiger partial charge in [-0.25, -0.2) is 9.59 Å². The highest BCUT2D eigenvalue weighted by Crippen LogP contribution is 2.02. The Balaban J connectivity index is 4.00. The van der Waals surface area contributed by atoms with Crippen molar-refractivity contribution in [1.82, 2.24) is 0 Å². The molecule has 22 heavy (non-hydrogen) atoms. The van der Waals surface area contributed by atoms with Crippen LogP contribution in [0.3, 0.4) is 0 Å². The summed E-state index contributed by atoms with van der Waals surface area (Å²) in [7, 11) is -2.53. The number of esters is 2. The third-order valence-electron chi connectivity index (χ3n) is 2.23. The largest absolute Gasteiger partial charge is 0.458 e. The molecule has 0 radical (unpaired) electrons. The van der Waals surface area contributed by atoms with E-state index in [-0.39, 0.29) is 13.2 Å². The summed E-state index contributed by atoms with van der Waals surface area (Å²) in [6, 6.07) is 0. The van der Waals surface area contributed by atoms with Crippen LogP contribution >= 0.6 is 0 Å². The lowest BCUT2D eigenvalue weighted by atomic mass is 10.5. The molecule has 0 aromatic carbocycles. The predicted octanol–water partition coefficient (Wildman–Crippen LogP) is 3.50. The zero-order valence-electron chi connectivity index (χ0n) is 14.5. The van der Waals surface area contributed by atoms with E-state index in [0.29, 0.717) is 0 Å². The fourth-order valence-electron chi connectivity index (χ4n) is 1.30. The van der Waals surface area contributed by atoms with Crippen LogP contribution in [0.5, 0.6) is 0 Å². The molecule has 0 aliphatic rings. The summed E-state index contributed by atoms with van der Waals surface area (Å²) in [5, 5.41) is 0. The molecule has 0 aliphatic heterocycles. The number of hydrogen-bond acceptors (Lipinski definition) is 4. The Morgan fingerprint density at radius 2 is 1.05 bits per heavy atom. The van der Waals surface area contributed by atoms with Crippen molar-refractivity contribution in [3.8, 4) is 0 Å². The van der Waals surface area contributed by atoms with Crippen molar-refractivity contribution in [2.75, 3.05) is 13.2 Å². The first-order valence-electron chi connectivity index (χ1n) is 7.37. The Bertz CT molecular complexity index is 410. The predicted molar refractivity (Wildman–Crippen MR) is 96.0 cm³/mol. The first-order chi connectivity index (χ1) is 9.99. The lowest BCUT2D eigenvalue weighted by Gasteiger charge is -2.08. The zero-order chi connectivity index (χ0) is 17.2. The van der Waals surface area contributed by atoms with E-state index < -0.39 is 28.1 Å². The lowest BCUT2D eigenvalue weighted by molar-refractivity contribution is -0.139. The molecule has 0 aromatic heterocycles. The Morgan fingerprint density at radius 1 is 0.727 bits per heavy atom. The van der Waals surface area contributed by atoms with Gasteiger partial charge < -0.3 is 9.47 Å². The Kier molecular flexibility index (Phi) is 8.97. The molecule has 0 rings (SSSR count). The van der Waals surface area contributed by atoms with Crippen LogP contribution in [0, 0.1) is 0 Å². The maximum Gasteiger partial charge on any atom is 0.331 e. The minimum absolute atomic E-state index is 0.224. The highest BCUT2D eigenvalue weighted by atomic mass is 28.3. The molecule has 0 spiro atoms. The normalized spacial score (nSPS) is 13.2. The van der Waals surface area contributed by atoms with E-state index in [2.05, 4.69) is 50.7 Å². The molecule has 0 saturated carbocycles. The highest BCUT2D eigenvalue weighted by Gasteiger charge is 2.07. The zero-order valence-corrected chi connectivity index (χ0v) is 16.5. The SMILES string of the molecule is C[Si](C)(C)C=CCOC(=O)/C=C/C(=O)OCC=C[Si](C)(C)C. The standard InChI is InChI=1S/C16H28O4Si2/c1-21(2,3)13-7-11-19-15(17)9-10-16(18)20-12-8-14-22(4,5)6/h7-10,13-14H,11-12H2,1-6H3/b10-9+,13-7?,14-8?. The number of carbonyl (C=O) groups excluding carboxylic acids is 2. The van der Waals surface area contributed by atoms with Crippen molar-refractivity contribution in [2.45, 2.75) is 39.3 Å². The van der Waals surface area contributed by atoms with Gasteiger partial charge in [-0.3, -0.25) is 0 Å². The van der Waals surface area contributed by atoms with E-state index in [1.165, 1.54) is 0 Å². The average Bonchev–Trinajstić information content (AvgIpc) is 2.35. The summed E-state index contributed by atoms with van der Waals surface area (Å²) in [5.74, 6) is -1.09. The summed E-state index contributed by atoms with van der Waals surface area (Å²) in [6.45, 7) is 13.6. The molecule has 0 atom stereocenters. The van der Waals surface area contributed by atoms with E-state index in [9.17, 15) is 9.59 Å². The fourth-order valence-corrected chi connectivity index (χ4v) is 2.90. The van der Waals surface area contributed by atoms with Gasteiger partial charge in [0.1, 0.15) is 13.2 Å². The number of carbonyl (C=O) groups is 2. The molecular weight excluding hydrogens is 312 g/mol. The summed E-state index contributed by atoms with van der Waals surface area (Å²) >= 11 is 0. The topological polar surface area (TPSA) is 52.6 Å². The molecule has 6 heteroatoms. The smallest absolute Gasteiger partial charge is 0.331 e. The number of hydrogen-bond donors (Lipinski definition) is 0. The maximum absolute atomic E-state index is 11.4. The molecule has 0 N–H and O–H groups in total. The number of rotatable bonds is 8. The molecule has 0 fully saturated rings. The van der Waals surface area contributed by atoms with Gasteiger partial charge in [0.2, 0.25) is 0 Å². The van der Waals surface area contributed by atoms with Gasteiger partial charge in [0.15, 0.2) is 0 Å². The van der Waals surface area contributed by atoms with Crippen LogP contribution < -0.4 is 0 Å². The van der Waals surface area contributed by atoms with Crippen molar-refractivity contribution in [3.63, 3.8) is 0 Å². The molecule has 0 unspecified atom stereocenters. The monoisotopic (exact) mass is 340 g/mol. The molecular formula is C16H28O4Si2. The van der Waals surface area contributed by atoms with Crippen LogP contribution in [0.4, 0.5) is 0 Å². The summed E-state index contributed by atoms with van der Waals surface area (Å²) < 4.78 is 9.90. The molecule has 124 valence electrons. The van der Waals surface area contributed by atoms with E-state index >= 15 is 0 Å². The van der Waals surface area contributed by atoms with Gasteiger partial charge in [-0.2, -0.15) is 0 Å². The Morgan fingerprint density at radius 3 is 1.32 bits per heavy atom. The first-order valence-corrected chi connectivity index (χ1v) is 14.5. The van der Waals surface area contributed by atoms with Crippen LogP contribution in [-0.2, 0) is 19.1 Å².